The Balaban J connectivity index is 1.68. The lowest BCUT2D eigenvalue weighted by Crippen LogP contribution is -2.45. The quantitative estimate of drug-likeness (QED) is 0.822. The van der Waals surface area contributed by atoms with Gasteiger partial charge in [0.25, 0.3) is 5.91 Å². The molecule has 1 amide bonds. The Kier molecular flexibility index (Phi) is 5.03. The maximum atomic E-state index is 12.8. The Morgan fingerprint density at radius 3 is 2.64 bits per heavy atom. The third-order valence-electron chi connectivity index (χ3n) is 4.70. The summed E-state index contributed by atoms with van der Waals surface area (Å²) < 4.78 is 44.6. The molecule has 0 bridgehead atoms. The van der Waals surface area contributed by atoms with Crippen molar-refractivity contribution in [3.63, 3.8) is 0 Å². The number of aryl methyl sites for hydroxylation is 1. The lowest BCUT2D eigenvalue weighted by atomic mass is 10.2. The minimum Gasteiger partial charge on any atom is -0.389 e. The average molecular weight is 362 g/mol. The summed E-state index contributed by atoms with van der Waals surface area (Å²) in [7, 11) is 1.33. The van der Waals surface area contributed by atoms with Crippen LogP contribution in [0.2, 0.25) is 0 Å². The predicted molar refractivity (Wildman–Crippen MR) is 80.9 cm³/mol. The number of hydrogen-bond acceptors (Lipinski definition) is 5. The average Bonchev–Trinajstić information content (AvgIpc) is 3.05. The molecule has 2 aliphatic heterocycles. The maximum absolute atomic E-state index is 12.8. The zero-order chi connectivity index (χ0) is 18.2. The molecule has 140 valence electrons. The van der Waals surface area contributed by atoms with Crippen LogP contribution in [0.3, 0.4) is 0 Å². The fourth-order valence-corrected chi connectivity index (χ4v) is 3.32. The molecule has 10 heteroatoms. The van der Waals surface area contributed by atoms with Crippen molar-refractivity contribution in [3.8, 4) is 0 Å². The maximum Gasteiger partial charge on any atom is 0.435 e. The highest BCUT2D eigenvalue weighted by atomic mass is 19.4. The van der Waals surface area contributed by atoms with Crippen molar-refractivity contribution in [2.45, 2.75) is 24.7 Å². The number of hydrogen-bond donors (Lipinski definition) is 1. The number of halogens is 3. The van der Waals surface area contributed by atoms with Crippen LogP contribution in [0.4, 0.5) is 13.2 Å². The molecule has 1 N–H and O–H groups in total. The van der Waals surface area contributed by atoms with Crippen LogP contribution in [0.25, 0.3) is 0 Å². The van der Waals surface area contributed by atoms with Crippen molar-refractivity contribution in [1.82, 2.24) is 19.6 Å². The van der Waals surface area contributed by atoms with Crippen LogP contribution in [0.1, 0.15) is 22.6 Å². The topological polar surface area (TPSA) is 70.8 Å². The smallest absolute Gasteiger partial charge is 0.389 e. The van der Waals surface area contributed by atoms with Gasteiger partial charge in [0.2, 0.25) is 0 Å². The number of ether oxygens (including phenoxy) is 1. The second-order valence-electron chi connectivity index (χ2n) is 6.39. The summed E-state index contributed by atoms with van der Waals surface area (Å²) in [5, 5.41) is 13.3. The number of aliphatic hydroxyl groups is 1. The van der Waals surface area contributed by atoms with Crippen LogP contribution in [0.15, 0.2) is 6.07 Å². The number of aromatic nitrogens is 2. The van der Waals surface area contributed by atoms with Gasteiger partial charge in [-0.2, -0.15) is 18.3 Å². The molecule has 2 atom stereocenters. The lowest BCUT2D eigenvalue weighted by molar-refractivity contribution is -0.141. The minimum absolute atomic E-state index is 0.0787. The standard InChI is InChI=1S/C15H21F3N4O3/c1-20-10(7-13(19-20)15(16,17)18)14(24)22-4-2-3-21(5-6-22)11-8-25-9-12(11)23/h7,11-12,23H,2-6,8-9H2,1H3/t11-,12-/m0/s1. The van der Waals surface area contributed by atoms with Gasteiger partial charge in [0.15, 0.2) is 5.69 Å². The van der Waals surface area contributed by atoms with E-state index < -0.39 is 23.9 Å². The molecular formula is C15H21F3N4O3. The van der Waals surface area contributed by atoms with E-state index in [1.807, 2.05) is 0 Å². The SMILES string of the molecule is Cn1nc(C(F)(F)F)cc1C(=O)N1CCCN([C@H]2COC[C@@H]2O)CC1. The summed E-state index contributed by atoms with van der Waals surface area (Å²) in [6.07, 6.45) is -4.45. The fraction of sp³-hybridized carbons (Fsp3) is 0.733. The van der Waals surface area contributed by atoms with Gasteiger partial charge < -0.3 is 14.7 Å². The number of carbonyl (C=O) groups is 1. The molecule has 2 saturated heterocycles. The van der Waals surface area contributed by atoms with Crippen LogP contribution in [0, 0.1) is 0 Å². The molecule has 25 heavy (non-hydrogen) atoms. The van der Waals surface area contributed by atoms with Gasteiger partial charge in [0, 0.05) is 39.3 Å². The monoisotopic (exact) mass is 362 g/mol. The van der Waals surface area contributed by atoms with Gasteiger partial charge in [-0.3, -0.25) is 14.4 Å². The van der Waals surface area contributed by atoms with Crippen LogP contribution in [-0.4, -0.2) is 82.1 Å². The van der Waals surface area contributed by atoms with Crippen molar-refractivity contribution >= 4 is 5.91 Å². The molecule has 1 aromatic rings. The normalized spacial score (nSPS) is 26.0. The Morgan fingerprint density at radius 2 is 2.04 bits per heavy atom. The van der Waals surface area contributed by atoms with Crippen LogP contribution in [-0.2, 0) is 18.0 Å². The first kappa shape index (κ1) is 18.2. The van der Waals surface area contributed by atoms with E-state index in [-0.39, 0.29) is 11.7 Å². The van der Waals surface area contributed by atoms with Gasteiger partial charge in [-0.15, -0.1) is 0 Å². The van der Waals surface area contributed by atoms with Crippen molar-refractivity contribution in [1.29, 1.82) is 0 Å². The summed E-state index contributed by atoms with van der Waals surface area (Å²) in [4.78, 5) is 16.2. The number of carbonyl (C=O) groups excluding carboxylic acids is 1. The second kappa shape index (κ2) is 6.93. The first-order valence-corrected chi connectivity index (χ1v) is 8.17. The first-order chi connectivity index (χ1) is 11.8. The fourth-order valence-electron chi connectivity index (χ4n) is 3.32. The van der Waals surface area contributed by atoms with E-state index in [2.05, 4.69) is 10.00 Å². The molecule has 3 rings (SSSR count). The van der Waals surface area contributed by atoms with Crippen molar-refractivity contribution < 1.29 is 27.8 Å². The highest BCUT2D eigenvalue weighted by molar-refractivity contribution is 5.92. The summed E-state index contributed by atoms with van der Waals surface area (Å²) >= 11 is 0. The summed E-state index contributed by atoms with van der Waals surface area (Å²) in [5.74, 6) is -0.462. The van der Waals surface area contributed by atoms with Gasteiger partial charge in [-0.05, 0) is 6.42 Å². The molecular weight excluding hydrogens is 341 g/mol. The number of alkyl halides is 3. The van der Waals surface area contributed by atoms with Crippen LogP contribution < -0.4 is 0 Å². The summed E-state index contributed by atoms with van der Waals surface area (Å²) in [5.41, 5.74) is -1.15. The van der Waals surface area contributed by atoms with E-state index in [1.54, 1.807) is 4.90 Å². The molecule has 0 spiro atoms. The highest BCUT2D eigenvalue weighted by Crippen LogP contribution is 2.28. The van der Waals surface area contributed by atoms with E-state index in [1.165, 1.54) is 7.05 Å². The zero-order valence-electron chi connectivity index (χ0n) is 13.9. The Hall–Kier alpha value is -1.65. The van der Waals surface area contributed by atoms with Crippen molar-refractivity contribution in [3.05, 3.63) is 17.5 Å². The summed E-state index contributed by atoms with van der Waals surface area (Å²) in [6.45, 7) is 2.83. The minimum atomic E-state index is -4.58. The molecule has 0 aromatic carbocycles. The highest BCUT2D eigenvalue weighted by Gasteiger charge is 2.37. The molecule has 2 aliphatic rings. The molecule has 7 nitrogen and oxygen atoms in total. The largest absolute Gasteiger partial charge is 0.435 e. The molecule has 0 unspecified atom stereocenters. The van der Waals surface area contributed by atoms with E-state index in [4.69, 9.17) is 4.74 Å². The zero-order valence-corrected chi connectivity index (χ0v) is 13.9. The Morgan fingerprint density at radius 1 is 1.28 bits per heavy atom. The molecule has 2 fully saturated rings. The number of aliphatic hydroxyl groups excluding tert-OH is 1. The van der Waals surface area contributed by atoms with E-state index in [0.29, 0.717) is 45.8 Å². The molecule has 3 heterocycles. The van der Waals surface area contributed by atoms with Crippen LogP contribution >= 0.6 is 0 Å². The lowest BCUT2D eigenvalue weighted by Gasteiger charge is -2.28. The van der Waals surface area contributed by atoms with Gasteiger partial charge in [0.1, 0.15) is 5.69 Å². The van der Waals surface area contributed by atoms with Crippen molar-refractivity contribution in [2.75, 3.05) is 39.4 Å². The molecule has 0 radical (unpaired) electrons. The molecule has 0 aliphatic carbocycles. The van der Waals surface area contributed by atoms with E-state index >= 15 is 0 Å². The molecule has 1 aromatic heterocycles. The third kappa shape index (κ3) is 3.80. The van der Waals surface area contributed by atoms with Gasteiger partial charge in [-0.25, -0.2) is 0 Å². The van der Waals surface area contributed by atoms with E-state index in [0.717, 1.165) is 10.7 Å². The number of amides is 1. The summed E-state index contributed by atoms with van der Waals surface area (Å²) in [6, 6.07) is 0.697. The van der Waals surface area contributed by atoms with Crippen molar-refractivity contribution in [2.24, 2.45) is 7.05 Å². The second-order valence-corrected chi connectivity index (χ2v) is 6.39. The molecule has 0 saturated carbocycles. The van der Waals surface area contributed by atoms with E-state index in [9.17, 15) is 23.1 Å². The first-order valence-electron chi connectivity index (χ1n) is 8.17. The third-order valence-corrected chi connectivity index (χ3v) is 4.70. The Labute approximate surface area is 142 Å². The number of nitrogens with zero attached hydrogens (tertiary/aromatic N) is 4. The van der Waals surface area contributed by atoms with Gasteiger partial charge >= 0.3 is 6.18 Å². The number of rotatable bonds is 2. The van der Waals surface area contributed by atoms with Gasteiger partial charge in [0.05, 0.1) is 25.4 Å². The van der Waals surface area contributed by atoms with Crippen LogP contribution in [0.5, 0.6) is 0 Å². The Bertz CT molecular complexity index is 634. The predicted octanol–water partition coefficient (Wildman–Crippen LogP) is 0.346. The van der Waals surface area contributed by atoms with Gasteiger partial charge in [-0.1, -0.05) is 0 Å².